The maximum atomic E-state index is 14.2. The van der Waals surface area contributed by atoms with Gasteiger partial charge in [-0.1, -0.05) is 60.7 Å². The van der Waals surface area contributed by atoms with Gasteiger partial charge in [-0.25, -0.2) is 8.78 Å². The Bertz CT molecular complexity index is 1390. The van der Waals surface area contributed by atoms with Crippen LogP contribution in [0.3, 0.4) is 0 Å². The van der Waals surface area contributed by atoms with E-state index in [9.17, 15) is 13.6 Å². The summed E-state index contributed by atoms with van der Waals surface area (Å²) in [7, 11) is 0. The summed E-state index contributed by atoms with van der Waals surface area (Å²) in [6.45, 7) is 5.82. The van der Waals surface area contributed by atoms with Gasteiger partial charge in [0.1, 0.15) is 11.6 Å². The number of fused-ring (bicyclic) bond motifs is 2. The molecule has 1 N–H and O–H groups in total. The monoisotopic (exact) mass is 540 g/mol. The summed E-state index contributed by atoms with van der Waals surface area (Å²) in [6.07, 6.45) is 7.62. The van der Waals surface area contributed by atoms with E-state index in [1.54, 1.807) is 29.2 Å². The van der Waals surface area contributed by atoms with Crippen LogP contribution in [0.4, 0.5) is 8.78 Å². The highest BCUT2D eigenvalue weighted by Gasteiger charge is 2.52. The first kappa shape index (κ1) is 26.4. The highest BCUT2D eigenvalue weighted by molar-refractivity contribution is 6.11. The number of nitrogens with one attached hydrogen (secondary N) is 1. The normalized spacial score (nSPS) is 20.3. The fourth-order valence-corrected chi connectivity index (χ4v) is 6.53. The van der Waals surface area contributed by atoms with Crippen molar-refractivity contribution >= 4 is 17.9 Å². The highest BCUT2D eigenvalue weighted by Crippen LogP contribution is 2.43. The molecule has 3 aliphatic rings. The molecule has 2 saturated heterocycles. The minimum Gasteiger partial charge on any atom is -0.334 e. The van der Waals surface area contributed by atoms with Crippen LogP contribution in [-0.4, -0.2) is 54.4 Å². The zero-order valence-electron chi connectivity index (χ0n) is 22.7. The van der Waals surface area contributed by atoms with Gasteiger partial charge in [0.05, 0.1) is 0 Å². The van der Waals surface area contributed by atoms with Crippen LogP contribution >= 0.6 is 0 Å². The molecule has 2 aliphatic heterocycles. The number of likely N-dealkylation sites (tertiary alicyclic amines) is 1. The second-order valence-corrected chi connectivity index (χ2v) is 10.9. The van der Waals surface area contributed by atoms with E-state index in [-0.39, 0.29) is 23.0 Å². The van der Waals surface area contributed by atoms with Crippen molar-refractivity contribution in [2.45, 2.75) is 37.1 Å². The second-order valence-electron chi connectivity index (χ2n) is 10.9. The topological polar surface area (TPSA) is 47.9 Å². The number of aliphatic imine (C=N–C) groups is 1. The van der Waals surface area contributed by atoms with Gasteiger partial charge in [-0.15, -0.1) is 0 Å². The molecule has 0 atom stereocenters. The molecule has 3 aromatic rings. The van der Waals surface area contributed by atoms with Crippen LogP contribution in [0.5, 0.6) is 0 Å². The lowest BCUT2D eigenvalue weighted by Gasteiger charge is -2.39. The molecule has 206 valence electrons. The number of allylic oxidation sites excluding steroid dienone is 1. The van der Waals surface area contributed by atoms with Crippen LogP contribution in [0.1, 0.15) is 48.4 Å². The molecule has 0 radical (unpaired) electrons. The number of guanidine groups is 1. The predicted octanol–water partition coefficient (Wildman–Crippen LogP) is 5.47. The number of hydrogen-bond acceptors (Lipinski definition) is 3. The first-order chi connectivity index (χ1) is 19.4. The van der Waals surface area contributed by atoms with E-state index in [0.717, 1.165) is 38.9 Å². The van der Waals surface area contributed by atoms with Crippen LogP contribution in [0, 0.1) is 11.6 Å². The Hall–Kier alpha value is -3.84. The minimum absolute atomic E-state index is 0.146. The van der Waals surface area contributed by atoms with Gasteiger partial charge < -0.3 is 10.2 Å². The van der Waals surface area contributed by atoms with E-state index in [1.807, 2.05) is 6.92 Å². The third kappa shape index (κ3) is 4.52. The predicted molar refractivity (Wildman–Crippen MR) is 154 cm³/mol. The number of halogens is 2. The average Bonchev–Trinajstić information content (AvgIpc) is 3.46. The summed E-state index contributed by atoms with van der Waals surface area (Å²) >= 11 is 0. The molecule has 1 aliphatic carbocycles. The van der Waals surface area contributed by atoms with Crippen LogP contribution in [-0.2, 0) is 15.7 Å². The third-order valence-corrected chi connectivity index (χ3v) is 8.67. The molecular weight excluding hydrogens is 506 g/mol. The van der Waals surface area contributed by atoms with Crippen LogP contribution in [0.25, 0.3) is 6.08 Å². The van der Waals surface area contributed by atoms with Gasteiger partial charge in [0.15, 0.2) is 5.54 Å². The highest BCUT2D eigenvalue weighted by atomic mass is 19.1. The molecule has 1 amide bonds. The van der Waals surface area contributed by atoms with Crippen molar-refractivity contribution in [3.8, 4) is 0 Å². The number of rotatable bonds is 7. The SMILES string of the molecule is CCN=C1NC(c2ccc(F)cc2)(c2ccc(F)cc2)C(=O)N1CCCN1CCC2(C=Cc3ccccc32)CC1. The first-order valence-electron chi connectivity index (χ1n) is 14.1. The summed E-state index contributed by atoms with van der Waals surface area (Å²) in [5.41, 5.74) is 2.79. The number of carbonyl (C=O) groups excluding carboxylic acids is 1. The summed E-state index contributed by atoms with van der Waals surface area (Å²) in [4.78, 5) is 23.0. The largest absolute Gasteiger partial charge is 0.334 e. The van der Waals surface area contributed by atoms with E-state index in [1.165, 1.54) is 35.4 Å². The standard InChI is InChI=1S/C33H34F2N4O/c1-2-36-31-37-33(25-8-12-27(34)13-9-25,26-10-14-28(35)15-11-26)30(40)39(31)21-5-20-38-22-18-32(19-23-38)17-16-24-6-3-4-7-29(24)32/h3-4,6-17H,2,5,18-23H2,1H3,(H,36,37). The van der Waals surface area contributed by atoms with Crippen molar-refractivity contribution in [3.05, 3.63) is 113 Å². The van der Waals surface area contributed by atoms with E-state index >= 15 is 0 Å². The zero-order valence-corrected chi connectivity index (χ0v) is 22.7. The van der Waals surface area contributed by atoms with Gasteiger partial charge in [0.25, 0.3) is 5.91 Å². The van der Waals surface area contributed by atoms with Gasteiger partial charge in [0, 0.05) is 18.5 Å². The molecule has 0 bridgehead atoms. The number of carbonyl (C=O) groups is 1. The summed E-state index contributed by atoms with van der Waals surface area (Å²) in [5, 5.41) is 3.37. The van der Waals surface area contributed by atoms with Crippen molar-refractivity contribution in [2.75, 3.05) is 32.7 Å². The number of hydrogen-bond donors (Lipinski definition) is 1. The fraction of sp³-hybridized carbons (Fsp3) is 0.333. The molecule has 40 heavy (non-hydrogen) atoms. The van der Waals surface area contributed by atoms with Gasteiger partial charge in [-0.05, 0) is 92.3 Å². The minimum atomic E-state index is -1.31. The van der Waals surface area contributed by atoms with Gasteiger partial charge in [0.2, 0.25) is 5.96 Å². The molecule has 5 nitrogen and oxygen atoms in total. The number of piperidine rings is 1. The van der Waals surface area contributed by atoms with Gasteiger partial charge >= 0.3 is 0 Å². The molecule has 2 heterocycles. The van der Waals surface area contributed by atoms with Crippen molar-refractivity contribution in [1.82, 2.24) is 15.1 Å². The van der Waals surface area contributed by atoms with Crippen LogP contribution < -0.4 is 5.32 Å². The van der Waals surface area contributed by atoms with Crippen molar-refractivity contribution in [1.29, 1.82) is 0 Å². The molecule has 1 spiro atoms. The van der Waals surface area contributed by atoms with E-state index in [0.29, 0.717) is 30.2 Å². The van der Waals surface area contributed by atoms with Crippen molar-refractivity contribution < 1.29 is 13.6 Å². The summed E-state index contributed by atoms with van der Waals surface area (Å²) < 4.78 is 27.7. The second kappa shape index (κ2) is 10.6. The molecule has 6 rings (SSSR count). The van der Waals surface area contributed by atoms with E-state index < -0.39 is 5.54 Å². The lowest BCUT2D eigenvalue weighted by atomic mass is 9.74. The molecule has 0 saturated carbocycles. The van der Waals surface area contributed by atoms with Crippen LogP contribution in [0.2, 0.25) is 0 Å². The maximum absolute atomic E-state index is 14.2. The molecule has 0 aromatic heterocycles. The zero-order chi connectivity index (χ0) is 27.7. The third-order valence-electron chi connectivity index (χ3n) is 8.67. The number of benzene rings is 3. The maximum Gasteiger partial charge on any atom is 0.264 e. The fourth-order valence-electron chi connectivity index (χ4n) is 6.53. The molecule has 3 aromatic carbocycles. The quantitative estimate of drug-likeness (QED) is 0.433. The Kier molecular flexibility index (Phi) is 7.00. The van der Waals surface area contributed by atoms with Crippen molar-refractivity contribution in [3.63, 3.8) is 0 Å². The lowest BCUT2D eigenvalue weighted by molar-refractivity contribution is -0.130. The Labute approximate surface area is 234 Å². The summed E-state index contributed by atoms with van der Waals surface area (Å²) in [5.74, 6) is -0.472. The van der Waals surface area contributed by atoms with E-state index in [4.69, 9.17) is 0 Å². The van der Waals surface area contributed by atoms with Gasteiger partial charge in [-0.3, -0.25) is 14.7 Å². The van der Waals surface area contributed by atoms with Crippen molar-refractivity contribution in [2.24, 2.45) is 4.99 Å². The lowest BCUT2D eigenvalue weighted by Crippen LogP contribution is -2.45. The first-order valence-corrected chi connectivity index (χ1v) is 14.1. The smallest absolute Gasteiger partial charge is 0.264 e. The van der Waals surface area contributed by atoms with E-state index in [2.05, 4.69) is 51.6 Å². The molecular formula is C33H34F2N4O. The average molecular weight is 541 g/mol. The van der Waals surface area contributed by atoms with Gasteiger partial charge in [-0.2, -0.15) is 0 Å². The number of amides is 1. The molecule has 2 fully saturated rings. The number of nitrogens with zero attached hydrogens (tertiary/aromatic N) is 3. The van der Waals surface area contributed by atoms with Crippen LogP contribution in [0.15, 0.2) is 83.9 Å². The Morgan fingerprint density at radius 3 is 2.12 bits per heavy atom. The Balaban J connectivity index is 1.18. The Morgan fingerprint density at radius 2 is 1.50 bits per heavy atom. The molecule has 7 heteroatoms. The molecule has 0 unspecified atom stereocenters. The Morgan fingerprint density at radius 1 is 0.875 bits per heavy atom. The summed E-state index contributed by atoms with van der Waals surface area (Å²) in [6, 6.07) is 20.5.